The highest BCUT2D eigenvalue weighted by Gasteiger charge is 2.24. The maximum Gasteiger partial charge on any atom is 0.358 e. The average Bonchev–Trinajstić information content (AvgIpc) is 3.08. The fourth-order valence-electron chi connectivity index (χ4n) is 3.26. The van der Waals surface area contributed by atoms with Gasteiger partial charge in [0, 0.05) is 37.3 Å². The van der Waals surface area contributed by atoms with Crippen molar-refractivity contribution in [2.75, 3.05) is 25.1 Å². The van der Waals surface area contributed by atoms with Gasteiger partial charge < -0.3 is 15.0 Å². The highest BCUT2D eigenvalue weighted by molar-refractivity contribution is 5.87. The number of carbonyl (C=O) groups excluding carboxylic acids is 2. The maximum atomic E-state index is 11.6. The second-order valence-electron chi connectivity index (χ2n) is 6.41. The second kappa shape index (κ2) is 7.51. The summed E-state index contributed by atoms with van der Waals surface area (Å²) in [5.74, 6) is -0.498. The molecular weight excluding hydrogens is 332 g/mol. The van der Waals surface area contributed by atoms with E-state index in [1.165, 1.54) is 13.3 Å². The van der Waals surface area contributed by atoms with Crippen LogP contribution in [0.1, 0.15) is 29.4 Å². The summed E-state index contributed by atoms with van der Waals surface area (Å²) in [6, 6.07) is 6.24. The molecule has 26 heavy (non-hydrogen) atoms. The standard InChI is InChI=1S/C19H22N4O3/c1-12-8-14(16-9-20-10-17(22-16)19(25)26-3)4-5-18(12)23-7-6-15(11-23)21-13(2)24/h4-5,8-10,15H,6-7,11H2,1-3H3,(H,21,24)/t15-/m0/s1. The van der Waals surface area contributed by atoms with E-state index in [9.17, 15) is 9.59 Å². The van der Waals surface area contributed by atoms with E-state index in [1.807, 2.05) is 25.1 Å². The minimum Gasteiger partial charge on any atom is -0.464 e. The van der Waals surface area contributed by atoms with Gasteiger partial charge in [0.05, 0.1) is 25.2 Å². The molecule has 136 valence electrons. The smallest absolute Gasteiger partial charge is 0.358 e. The first-order valence-corrected chi connectivity index (χ1v) is 8.51. The second-order valence-corrected chi connectivity index (χ2v) is 6.41. The molecule has 1 aromatic carbocycles. The SMILES string of the molecule is COC(=O)c1cncc(-c2ccc(N3CC[C@H](NC(C)=O)C3)c(C)c2)n1. The average molecular weight is 354 g/mol. The van der Waals surface area contributed by atoms with Gasteiger partial charge in [0.25, 0.3) is 0 Å². The van der Waals surface area contributed by atoms with Crippen LogP contribution in [0.2, 0.25) is 0 Å². The van der Waals surface area contributed by atoms with Gasteiger partial charge in [-0.1, -0.05) is 6.07 Å². The van der Waals surface area contributed by atoms with E-state index in [-0.39, 0.29) is 17.6 Å². The van der Waals surface area contributed by atoms with Crippen molar-refractivity contribution in [3.05, 3.63) is 41.9 Å². The summed E-state index contributed by atoms with van der Waals surface area (Å²) in [6.45, 7) is 5.30. The fourth-order valence-corrected chi connectivity index (χ4v) is 3.26. The molecule has 1 atom stereocenters. The number of hydrogen-bond acceptors (Lipinski definition) is 6. The Balaban J connectivity index is 1.80. The minimum absolute atomic E-state index is 0.00739. The van der Waals surface area contributed by atoms with E-state index in [2.05, 4.69) is 20.2 Å². The Morgan fingerprint density at radius 3 is 2.81 bits per heavy atom. The van der Waals surface area contributed by atoms with E-state index in [1.54, 1.807) is 13.1 Å². The van der Waals surface area contributed by atoms with Crippen molar-refractivity contribution in [3.8, 4) is 11.3 Å². The largest absolute Gasteiger partial charge is 0.464 e. The Kier molecular flexibility index (Phi) is 5.16. The maximum absolute atomic E-state index is 11.6. The van der Waals surface area contributed by atoms with Gasteiger partial charge in [-0.2, -0.15) is 0 Å². The van der Waals surface area contributed by atoms with Gasteiger partial charge in [-0.3, -0.25) is 9.78 Å². The summed E-state index contributed by atoms with van der Waals surface area (Å²) in [7, 11) is 1.32. The van der Waals surface area contributed by atoms with E-state index in [0.29, 0.717) is 5.69 Å². The van der Waals surface area contributed by atoms with Crippen molar-refractivity contribution >= 4 is 17.6 Å². The zero-order valence-corrected chi connectivity index (χ0v) is 15.2. The van der Waals surface area contributed by atoms with Crippen LogP contribution in [-0.4, -0.2) is 48.1 Å². The molecule has 3 rings (SSSR count). The molecule has 1 aliphatic rings. The van der Waals surface area contributed by atoms with E-state index < -0.39 is 5.97 Å². The monoisotopic (exact) mass is 354 g/mol. The molecule has 0 unspecified atom stereocenters. The number of nitrogens with zero attached hydrogens (tertiary/aromatic N) is 3. The highest BCUT2D eigenvalue weighted by Crippen LogP contribution is 2.28. The number of ether oxygens (including phenoxy) is 1. The molecular formula is C19H22N4O3. The zero-order valence-electron chi connectivity index (χ0n) is 15.2. The van der Waals surface area contributed by atoms with Gasteiger partial charge in [0.1, 0.15) is 0 Å². The molecule has 1 aromatic heterocycles. The number of carbonyl (C=O) groups is 2. The van der Waals surface area contributed by atoms with Crippen molar-refractivity contribution in [1.29, 1.82) is 0 Å². The number of aromatic nitrogens is 2. The van der Waals surface area contributed by atoms with Crippen LogP contribution < -0.4 is 10.2 Å². The molecule has 2 heterocycles. The third-order valence-corrected chi connectivity index (χ3v) is 4.46. The molecule has 1 N–H and O–H groups in total. The van der Waals surface area contributed by atoms with Gasteiger partial charge in [0.2, 0.25) is 5.91 Å². The van der Waals surface area contributed by atoms with Crippen LogP contribution in [0, 0.1) is 6.92 Å². The Labute approximate surface area is 152 Å². The zero-order chi connectivity index (χ0) is 18.7. The number of hydrogen-bond donors (Lipinski definition) is 1. The minimum atomic E-state index is -0.506. The lowest BCUT2D eigenvalue weighted by Crippen LogP contribution is -2.35. The van der Waals surface area contributed by atoms with Crippen molar-refractivity contribution in [1.82, 2.24) is 15.3 Å². The number of anilines is 1. The molecule has 7 nitrogen and oxygen atoms in total. The first-order chi connectivity index (χ1) is 12.5. The van der Waals surface area contributed by atoms with E-state index in [0.717, 1.165) is 36.3 Å². The predicted octanol–water partition coefficient (Wildman–Crippen LogP) is 1.95. The van der Waals surface area contributed by atoms with Gasteiger partial charge in [-0.25, -0.2) is 9.78 Å². The van der Waals surface area contributed by atoms with Crippen molar-refractivity contribution in [2.24, 2.45) is 0 Å². The molecule has 0 spiro atoms. The quantitative estimate of drug-likeness (QED) is 0.845. The number of esters is 1. The Bertz CT molecular complexity index is 837. The molecule has 7 heteroatoms. The van der Waals surface area contributed by atoms with Crippen LogP contribution in [0.15, 0.2) is 30.6 Å². The Morgan fingerprint density at radius 2 is 2.12 bits per heavy atom. The number of aryl methyl sites for hydroxylation is 1. The number of nitrogens with one attached hydrogen (secondary N) is 1. The molecule has 0 aliphatic carbocycles. The molecule has 1 saturated heterocycles. The van der Waals surface area contributed by atoms with Crippen molar-refractivity contribution in [2.45, 2.75) is 26.3 Å². The van der Waals surface area contributed by atoms with Crippen molar-refractivity contribution < 1.29 is 14.3 Å². The Hall–Kier alpha value is -2.96. The number of rotatable bonds is 4. The normalized spacial score (nSPS) is 16.4. The molecule has 1 amide bonds. The first kappa shape index (κ1) is 17.8. The van der Waals surface area contributed by atoms with Crippen LogP contribution in [0.3, 0.4) is 0 Å². The van der Waals surface area contributed by atoms with Crippen LogP contribution in [-0.2, 0) is 9.53 Å². The van der Waals surface area contributed by atoms with Crippen LogP contribution in [0.5, 0.6) is 0 Å². The predicted molar refractivity (Wildman–Crippen MR) is 98.0 cm³/mol. The summed E-state index contributed by atoms with van der Waals surface area (Å²) in [4.78, 5) is 33.6. The topological polar surface area (TPSA) is 84.4 Å². The lowest BCUT2D eigenvalue weighted by molar-refractivity contribution is -0.119. The molecule has 1 fully saturated rings. The lowest BCUT2D eigenvalue weighted by Gasteiger charge is -2.21. The van der Waals surface area contributed by atoms with Gasteiger partial charge in [-0.05, 0) is 31.0 Å². The van der Waals surface area contributed by atoms with Gasteiger partial charge >= 0.3 is 5.97 Å². The fraction of sp³-hybridized carbons (Fsp3) is 0.368. The lowest BCUT2D eigenvalue weighted by atomic mass is 10.1. The summed E-state index contributed by atoms with van der Waals surface area (Å²) in [5, 5.41) is 2.98. The molecule has 0 bridgehead atoms. The molecule has 1 aliphatic heterocycles. The van der Waals surface area contributed by atoms with Crippen molar-refractivity contribution in [3.63, 3.8) is 0 Å². The third kappa shape index (κ3) is 3.82. The van der Waals surface area contributed by atoms with Gasteiger partial charge in [0.15, 0.2) is 5.69 Å². The van der Waals surface area contributed by atoms with E-state index >= 15 is 0 Å². The van der Waals surface area contributed by atoms with E-state index in [4.69, 9.17) is 4.74 Å². The summed E-state index contributed by atoms with van der Waals surface area (Å²) >= 11 is 0. The number of methoxy groups -OCH3 is 1. The van der Waals surface area contributed by atoms with Crippen LogP contribution in [0.25, 0.3) is 11.3 Å². The molecule has 0 radical (unpaired) electrons. The number of amides is 1. The van der Waals surface area contributed by atoms with Gasteiger partial charge in [-0.15, -0.1) is 0 Å². The molecule has 2 aromatic rings. The third-order valence-electron chi connectivity index (χ3n) is 4.46. The highest BCUT2D eigenvalue weighted by atomic mass is 16.5. The Morgan fingerprint density at radius 1 is 1.31 bits per heavy atom. The molecule has 0 saturated carbocycles. The summed E-state index contributed by atoms with van der Waals surface area (Å²) in [5.41, 5.74) is 3.95. The van der Waals surface area contributed by atoms with Crippen LogP contribution >= 0.6 is 0 Å². The summed E-state index contributed by atoms with van der Waals surface area (Å²) < 4.78 is 4.70. The number of benzene rings is 1. The first-order valence-electron chi connectivity index (χ1n) is 8.51. The van der Waals surface area contributed by atoms with Crippen LogP contribution in [0.4, 0.5) is 5.69 Å². The summed E-state index contributed by atoms with van der Waals surface area (Å²) in [6.07, 6.45) is 3.96.